The predicted molar refractivity (Wildman–Crippen MR) is 63.4 cm³/mol. The van der Waals surface area contributed by atoms with E-state index in [4.69, 9.17) is 0 Å². The molecule has 0 saturated carbocycles. The van der Waals surface area contributed by atoms with E-state index in [0.717, 1.165) is 0 Å². The molecule has 2 atom stereocenters. The van der Waals surface area contributed by atoms with Crippen molar-refractivity contribution in [2.24, 2.45) is 5.92 Å². The maximum absolute atomic E-state index is 2.31. The highest BCUT2D eigenvalue weighted by Gasteiger charge is 2.39. The first kappa shape index (κ1) is 10.2. The summed E-state index contributed by atoms with van der Waals surface area (Å²) in [5.41, 5.74) is 2.69. The molecule has 2 rings (SSSR count). The van der Waals surface area contributed by atoms with Gasteiger partial charge in [-0.15, -0.1) is 0 Å². The quantitative estimate of drug-likeness (QED) is 0.636. The first-order valence-corrected chi connectivity index (χ1v) is 5.54. The normalized spacial score (nSPS) is 26.3. The molecule has 0 bridgehead atoms. The van der Waals surface area contributed by atoms with E-state index >= 15 is 0 Å². The smallest absolute Gasteiger partial charge is 0.180 e. The molecule has 2 nitrogen and oxygen atoms in total. The average molecular weight is 203 g/mol. The molecule has 0 N–H and O–H groups in total. The van der Waals surface area contributed by atoms with Gasteiger partial charge in [-0.3, -0.25) is 0 Å². The van der Waals surface area contributed by atoms with Gasteiger partial charge in [0.2, 0.25) is 5.69 Å². The molecule has 80 valence electrons. The summed E-state index contributed by atoms with van der Waals surface area (Å²) >= 11 is 0. The zero-order valence-electron chi connectivity index (χ0n) is 9.94. The van der Waals surface area contributed by atoms with Gasteiger partial charge < -0.3 is 0 Å². The van der Waals surface area contributed by atoms with Crippen molar-refractivity contribution in [3.8, 4) is 0 Å². The molecule has 1 aliphatic rings. The summed E-state index contributed by atoms with van der Waals surface area (Å²) in [6.45, 7) is 6.79. The van der Waals surface area contributed by atoms with Gasteiger partial charge in [0.05, 0.1) is 19.0 Å². The van der Waals surface area contributed by atoms with E-state index in [2.05, 4.69) is 67.8 Å². The topological polar surface area (TPSA) is 6.25 Å². The Morgan fingerprint density at radius 1 is 1.13 bits per heavy atom. The summed E-state index contributed by atoms with van der Waals surface area (Å²) in [5, 5.41) is 2.31. The van der Waals surface area contributed by atoms with E-state index in [1.165, 1.54) is 11.4 Å². The second-order valence-electron chi connectivity index (χ2n) is 4.39. The third-order valence-electron chi connectivity index (χ3n) is 3.62. The van der Waals surface area contributed by atoms with Crippen LogP contribution in [-0.2, 0) is 0 Å². The van der Waals surface area contributed by atoms with E-state index in [1.807, 2.05) is 0 Å². The SMILES string of the molecule is CC1=[N+](c2ccccc2)N(C)[C@H](C)[C@H]1C. The van der Waals surface area contributed by atoms with Gasteiger partial charge in [0, 0.05) is 19.1 Å². The molecule has 1 aromatic rings. The summed E-state index contributed by atoms with van der Waals surface area (Å²) < 4.78 is 2.31. The van der Waals surface area contributed by atoms with Crippen molar-refractivity contribution < 1.29 is 4.68 Å². The molecular weight excluding hydrogens is 184 g/mol. The van der Waals surface area contributed by atoms with Crippen LogP contribution in [0.2, 0.25) is 0 Å². The molecule has 1 heterocycles. The number of hydrogen-bond acceptors (Lipinski definition) is 1. The monoisotopic (exact) mass is 203 g/mol. The Morgan fingerprint density at radius 3 is 2.20 bits per heavy atom. The lowest BCUT2D eigenvalue weighted by Gasteiger charge is -2.15. The molecule has 0 amide bonds. The average Bonchev–Trinajstić information content (AvgIpc) is 2.45. The summed E-state index contributed by atoms with van der Waals surface area (Å²) in [5.74, 6) is 0.621. The molecule has 0 saturated heterocycles. The predicted octanol–water partition coefficient (Wildman–Crippen LogP) is 2.68. The number of benzene rings is 1. The highest BCUT2D eigenvalue weighted by Crippen LogP contribution is 2.25. The molecule has 0 radical (unpaired) electrons. The van der Waals surface area contributed by atoms with E-state index in [-0.39, 0.29) is 0 Å². The van der Waals surface area contributed by atoms with Crippen LogP contribution in [-0.4, -0.2) is 28.5 Å². The molecule has 2 heteroatoms. The molecule has 0 fully saturated rings. The number of nitrogens with zero attached hydrogens (tertiary/aromatic N) is 2. The summed E-state index contributed by atoms with van der Waals surface area (Å²) in [4.78, 5) is 0. The third-order valence-corrected chi connectivity index (χ3v) is 3.62. The van der Waals surface area contributed by atoms with Gasteiger partial charge in [-0.1, -0.05) is 29.8 Å². The molecular formula is C13H19N2+. The Kier molecular flexibility index (Phi) is 2.51. The molecule has 15 heavy (non-hydrogen) atoms. The second-order valence-corrected chi connectivity index (χ2v) is 4.39. The van der Waals surface area contributed by atoms with Crippen LogP contribution < -0.4 is 0 Å². The van der Waals surface area contributed by atoms with Crippen molar-refractivity contribution in [2.45, 2.75) is 26.8 Å². The van der Waals surface area contributed by atoms with Gasteiger partial charge in [0.15, 0.2) is 5.71 Å². The highest BCUT2D eigenvalue weighted by atomic mass is 15.6. The van der Waals surface area contributed by atoms with Gasteiger partial charge in [-0.25, -0.2) is 0 Å². The molecule has 1 aromatic carbocycles. The Labute approximate surface area is 91.8 Å². The first-order chi connectivity index (χ1) is 7.13. The highest BCUT2D eigenvalue weighted by molar-refractivity contribution is 5.81. The Hall–Kier alpha value is -1.31. The largest absolute Gasteiger partial charge is 0.235 e. The van der Waals surface area contributed by atoms with E-state index < -0.39 is 0 Å². The Bertz CT molecular complexity index is 381. The number of hydrazone groups is 1. The maximum Gasteiger partial charge on any atom is 0.235 e. The van der Waals surface area contributed by atoms with Crippen LogP contribution in [0.15, 0.2) is 30.3 Å². The van der Waals surface area contributed by atoms with E-state index in [1.54, 1.807) is 0 Å². The van der Waals surface area contributed by atoms with E-state index in [0.29, 0.717) is 12.0 Å². The number of hydrogen-bond donors (Lipinski definition) is 0. The minimum Gasteiger partial charge on any atom is -0.180 e. The molecule has 0 unspecified atom stereocenters. The fourth-order valence-corrected chi connectivity index (χ4v) is 2.25. The van der Waals surface area contributed by atoms with Crippen LogP contribution in [0.4, 0.5) is 5.69 Å². The van der Waals surface area contributed by atoms with E-state index in [9.17, 15) is 0 Å². The third kappa shape index (κ3) is 1.54. The number of rotatable bonds is 1. The van der Waals surface area contributed by atoms with Crippen LogP contribution in [0.3, 0.4) is 0 Å². The lowest BCUT2D eigenvalue weighted by molar-refractivity contribution is -0.613. The van der Waals surface area contributed by atoms with Crippen molar-refractivity contribution in [3.63, 3.8) is 0 Å². The lowest BCUT2D eigenvalue weighted by Crippen LogP contribution is -2.31. The lowest BCUT2D eigenvalue weighted by atomic mass is 10.0. The minimum absolute atomic E-state index is 0.574. The Morgan fingerprint density at radius 2 is 1.73 bits per heavy atom. The van der Waals surface area contributed by atoms with Gasteiger partial charge in [-0.05, 0) is 6.92 Å². The summed E-state index contributed by atoms with van der Waals surface area (Å²) in [6, 6.07) is 11.1. The zero-order chi connectivity index (χ0) is 11.0. The zero-order valence-corrected chi connectivity index (χ0v) is 9.94. The van der Waals surface area contributed by atoms with Crippen LogP contribution >= 0.6 is 0 Å². The molecule has 0 aromatic heterocycles. The molecule has 1 aliphatic heterocycles. The fourth-order valence-electron chi connectivity index (χ4n) is 2.25. The molecule has 0 spiro atoms. The van der Waals surface area contributed by atoms with Crippen molar-refractivity contribution in [2.75, 3.05) is 7.05 Å². The van der Waals surface area contributed by atoms with Crippen molar-refractivity contribution in [1.82, 2.24) is 5.01 Å². The fraction of sp³-hybridized carbons (Fsp3) is 0.462. The van der Waals surface area contributed by atoms with Crippen molar-refractivity contribution in [3.05, 3.63) is 30.3 Å². The summed E-state index contributed by atoms with van der Waals surface area (Å²) in [7, 11) is 2.16. The minimum atomic E-state index is 0.574. The van der Waals surface area contributed by atoms with Crippen LogP contribution in [0.5, 0.6) is 0 Å². The van der Waals surface area contributed by atoms with Gasteiger partial charge >= 0.3 is 0 Å². The van der Waals surface area contributed by atoms with Gasteiger partial charge in [-0.2, -0.15) is 5.01 Å². The molecule has 0 aliphatic carbocycles. The standard InChI is InChI=1S/C13H19N2/c1-10-11(2)14(4)15(12(10)3)13-8-6-5-7-9-13/h5-11H,1-4H3/q+1/t10-,11-/m1/s1. The van der Waals surface area contributed by atoms with Gasteiger partial charge in [0.25, 0.3) is 0 Å². The first-order valence-electron chi connectivity index (χ1n) is 5.54. The van der Waals surface area contributed by atoms with Crippen LogP contribution in [0.25, 0.3) is 0 Å². The van der Waals surface area contributed by atoms with Crippen molar-refractivity contribution in [1.29, 1.82) is 0 Å². The maximum atomic E-state index is 2.31. The van der Waals surface area contributed by atoms with Gasteiger partial charge in [0.1, 0.15) is 0 Å². The van der Waals surface area contributed by atoms with Crippen molar-refractivity contribution >= 4 is 11.4 Å². The second kappa shape index (κ2) is 3.69. The summed E-state index contributed by atoms with van der Waals surface area (Å²) in [6.07, 6.45) is 0. The number of para-hydroxylation sites is 1. The van der Waals surface area contributed by atoms with Crippen LogP contribution in [0.1, 0.15) is 20.8 Å². The Balaban J connectivity index is 2.45. The number of hydrazine groups is 1. The van der Waals surface area contributed by atoms with Crippen LogP contribution in [0, 0.1) is 5.92 Å².